The topological polar surface area (TPSA) is 38.3 Å². The smallest absolute Gasteiger partial charge is 0.248 e. The quantitative estimate of drug-likeness (QED) is 0.504. The van der Waals surface area contributed by atoms with Gasteiger partial charge in [-0.25, -0.2) is 0 Å². The Balaban J connectivity index is 3.94. The second-order valence-electron chi connectivity index (χ2n) is 3.34. The summed E-state index contributed by atoms with van der Waals surface area (Å²) in [6, 6.07) is 0. The van der Waals surface area contributed by atoms with E-state index in [1.807, 2.05) is 6.92 Å². The average molecular weight is 199 g/mol. The van der Waals surface area contributed by atoms with E-state index >= 15 is 0 Å². The van der Waals surface area contributed by atoms with Crippen molar-refractivity contribution in [2.24, 2.45) is 0 Å². The Kier molecular flexibility index (Phi) is 7.11. The van der Waals surface area contributed by atoms with Crippen LogP contribution in [-0.2, 0) is 9.53 Å². The van der Waals surface area contributed by atoms with Crippen LogP contribution in [0.15, 0.2) is 12.2 Å². The van der Waals surface area contributed by atoms with Gasteiger partial charge in [0, 0.05) is 12.2 Å². The van der Waals surface area contributed by atoms with Crippen LogP contribution in [0.25, 0.3) is 0 Å². The van der Waals surface area contributed by atoms with Crippen LogP contribution in [0.1, 0.15) is 40.0 Å². The van der Waals surface area contributed by atoms with Crippen molar-refractivity contribution in [3.05, 3.63) is 12.2 Å². The predicted octanol–water partition coefficient (Wildman–Crippen LogP) is 2.23. The normalized spacial score (nSPS) is 12.2. The Hall–Kier alpha value is -0.830. The lowest BCUT2D eigenvalue weighted by atomic mass is 10.2. The summed E-state index contributed by atoms with van der Waals surface area (Å²) < 4.78 is 5.39. The lowest BCUT2D eigenvalue weighted by Gasteiger charge is -2.18. The summed E-state index contributed by atoms with van der Waals surface area (Å²) in [7, 11) is 0. The zero-order valence-electron chi connectivity index (χ0n) is 9.43. The molecule has 0 aromatic heterocycles. The fourth-order valence-corrected chi connectivity index (χ4v) is 1.06. The molecule has 0 aromatic rings. The molecular weight excluding hydrogens is 178 g/mol. The second-order valence-corrected chi connectivity index (χ2v) is 3.34. The number of hydrogen-bond donors (Lipinski definition) is 1. The lowest BCUT2D eigenvalue weighted by molar-refractivity contribution is -0.121. The number of hydrogen-bond acceptors (Lipinski definition) is 2. The molecule has 3 heteroatoms. The van der Waals surface area contributed by atoms with Gasteiger partial charge in [0.05, 0.1) is 0 Å². The molecule has 0 saturated carbocycles. The second kappa shape index (κ2) is 7.56. The van der Waals surface area contributed by atoms with Gasteiger partial charge in [-0.3, -0.25) is 4.79 Å². The van der Waals surface area contributed by atoms with E-state index in [2.05, 4.69) is 18.8 Å². The van der Waals surface area contributed by atoms with Gasteiger partial charge in [0.1, 0.15) is 6.23 Å². The Bertz CT molecular complexity index is 190. The molecule has 1 N–H and O–H groups in total. The van der Waals surface area contributed by atoms with E-state index in [-0.39, 0.29) is 12.1 Å². The number of nitrogens with one attached hydrogen (secondary N) is 1. The number of rotatable bonds is 7. The van der Waals surface area contributed by atoms with Crippen molar-refractivity contribution < 1.29 is 9.53 Å². The van der Waals surface area contributed by atoms with Crippen LogP contribution < -0.4 is 5.32 Å². The Morgan fingerprint density at radius 1 is 1.50 bits per heavy atom. The highest BCUT2D eigenvalue weighted by molar-refractivity contribution is 5.92. The number of ether oxygens (including phenoxy) is 1. The molecule has 0 spiro atoms. The first-order chi connectivity index (χ1) is 6.61. The van der Waals surface area contributed by atoms with E-state index < -0.39 is 0 Å². The summed E-state index contributed by atoms with van der Waals surface area (Å²) in [4.78, 5) is 11.3. The van der Waals surface area contributed by atoms with Gasteiger partial charge in [-0.1, -0.05) is 19.9 Å². The van der Waals surface area contributed by atoms with E-state index in [9.17, 15) is 4.79 Å². The molecule has 0 rings (SSSR count). The maximum atomic E-state index is 11.3. The third-order valence-corrected chi connectivity index (χ3v) is 1.87. The van der Waals surface area contributed by atoms with Gasteiger partial charge in [-0.2, -0.15) is 0 Å². The van der Waals surface area contributed by atoms with E-state index in [4.69, 9.17) is 4.74 Å². The monoisotopic (exact) mass is 199 g/mol. The molecule has 82 valence electrons. The van der Waals surface area contributed by atoms with Crippen LogP contribution in [-0.4, -0.2) is 18.7 Å². The third kappa shape index (κ3) is 5.75. The summed E-state index contributed by atoms with van der Waals surface area (Å²) in [6.45, 7) is 9.93. The molecule has 0 radical (unpaired) electrons. The first kappa shape index (κ1) is 13.2. The zero-order valence-corrected chi connectivity index (χ0v) is 9.43. The SMILES string of the molecule is C=C(C)C(=O)NC(CCCC)OCC. The fraction of sp³-hybridized carbons (Fsp3) is 0.727. The maximum Gasteiger partial charge on any atom is 0.248 e. The van der Waals surface area contributed by atoms with E-state index in [1.165, 1.54) is 0 Å². The molecule has 1 unspecified atom stereocenters. The molecule has 0 aromatic carbocycles. The minimum absolute atomic E-state index is 0.125. The van der Waals surface area contributed by atoms with Gasteiger partial charge < -0.3 is 10.1 Å². The first-order valence-electron chi connectivity index (χ1n) is 5.19. The van der Waals surface area contributed by atoms with Crippen LogP contribution >= 0.6 is 0 Å². The third-order valence-electron chi connectivity index (χ3n) is 1.87. The van der Waals surface area contributed by atoms with E-state index in [0.717, 1.165) is 19.3 Å². The van der Waals surface area contributed by atoms with Crippen LogP contribution in [0.2, 0.25) is 0 Å². The fourth-order valence-electron chi connectivity index (χ4n) is 1.06. The van der Waals surface area contributed by atoms with E-state index in [1.54, 1.807) is 6.92 Å². The molecule has 0 aliphatic heterocycles. The van der Waals surface area contributed by atoms with Gasteiger partial charge in [-0.05, 0) is 26.7 Å². The minimum atomic E-state index is -0.163. The van der Waals surface area contributed by atoms with Gasteiger partial charge in [0.15, 0.2) is 0 Å². The highest BCUT2D eigenvalue weighted by Gasteiger charge is 2.11. The molecule has 0 fully saturated rings. The van der Waals surface area contributed by atoms with Crippen LogP contribution in [0.3, 0.4) is 0 Å². The molecule has 0 aliphatic rings. The summed E-state index contributed by atoms with van der Waals surface area (Å²) >= 11 is 0. The standard InChI is InChI=1S/C11H21NO2/c1-5-7-8-10(14-6-2)12-11(13)9(3)4/h10H,3,5-8H2,1-2,4H3,(H,12,13). The number of carbonyl (C=O) groups excluding carboxylic acids is 1. The summed E-state index contributed by atoms with van der Waals surface area (Å²) in [6.07, 6.45) is 2.86. The van der Waals surface area contributed by atoms with Crippen molar-refractivity contribution in [3.63, 3.8) is 0 Å². The largest absolute Gasteiger partial charge is 0.359 e. The highest BCUT2D eigenvalue weighted by Crippen LogP contribution is 2.03. The van der Waals surface area contributed by atoms with E-state index in [0.29, 0.717) is 12.2 Å². The summed E-state index contributed by atoms with van der Waals surface area (Å²) in [5.41, 5.74) is 0.520. The molecule has 0 bridgehead atoms. The van der Waals surface area contributed by atoms with Crippen molar-refractivity contribution in [1.82, 2.24) is 5.32 Å². The molecule has 1 atom stereocenters. The highest BCUT2D eigenvalue weighted by atomic mass is 16.5. The van der Waals surface area contributed by atoms with Gasteiger partial charge in [0.2, 0.25) is 5.91 Å². The number of carbonyl (C=O) groups is 1. The molecule has 3 nitrogen and oxygen atoms in total. The summed E-state index contributed by atoms with van der Waals surface area (Å²) in [5.74, 6) is -0.125. The van der Waals surface area contributed by atoms with Gasteiger partial charge in [-0.15, -0.1) is 0 Å². The average Bonchev–Trinajstić information content (AvgIpc) is 2.14. The van der Waals surface area contributed by atoms with Gasteiger partial charge >= 0.3 is 0 Å². The molecule has 0 heterocycles. The lowest BCUT2D eigenvalue weighted by Crippen LogP contribution is -2.37. The van der Waals surface area contributed by atoms with Crippen molar-refractivity contribution in [3.8, 4) is 0 Å². The van der Waals surface area contributed by atoms with Crippen LogP contribution in [0, 0.1) is 0 Å². The Labute approximate surface area is 86.5 Å². The van der Waals surface area contributed by atoms with Crippen molar-refractivity contribution in [1.29, 1.82) is 0 Å². The van der Waals surface area contributed by atoms with Crippen LogP contribution in [0.5, 0.6) is 0 Å². The minimum Gasteiger partial charge on any atom is -0.359 e. The molecule has 1 amide bonds. The maximum absolute atomic E-state index is 11.3. The van der Waals surface area contributed by atoms with Crippen LogP contribution in [0.4, 0.5) is 0 Å². The predicted molar refractivity (Wildman–Crippen MR) is 57.9 cm³/mol. The van der Waals surface area contributed by atoms with Crippen molar-refractivity contribution in [2.75, 3.05) is 6.61 Å². The number of amides is 1. The van der Waals surface area contributed by atoms with Crippen molar-refractivity contribution >= 4 is 5.91 Å². The molecule has 0 aliphatic carbocycles. The molecule has 14 heavy (non-hydrogen) atoms. The first-order valence-corrected chi connectivity index (χ1v) is 5.19. The molecule has 0 saturated heterocycles. The zero-order chi connectivity index (χ0) is 11.0. The number of unbranched alkanes of at least 4 members (excludes halogenated alkanes) is 1. The molecular formula is C11H21NO2. The van der Waals surface area contributed by atoms with Crippen molar-refractivity contribution in [2.45, 2.75) is 46.3 Å². The Morgan fingerprint density at radius 3 is 2.57 bits per heavy atom. The Morgan fingerprint density at radius 2 is 2.14 bits per heavy atom. The summed E-state index contributed by atoms with van der Waals surface area (Å²) in [5, 5.41) is 2.79. The van der Waals surface area contributed by atoms with Gasteiger partial charge in [0.25, 0.3) is 0 Å².